The van der Waals surface area contributed by atoms with Crippen LogP contribution in [0, 0.1) is 5.92 Å². The van der Waals surface area contributed by atoms with E-state index < -0.39 is 0 Å². The molecule has 1 heterocycles. The molecule has 1 aromatic rings. The predicted molar refractivity (Wildman–Crippen MR) is 68.8 cm³/mol. The third-order valence-electron chi connectivity index (χ3n) is 4.00. The standard InChI is InChI=1S/C15H15NO3/c17-13(10-5-1-2-6-10)9-16-14(18)11-7-3-4-8-12(11)15(16)19/h3-4,7-8,10H,1-2,5-6,9H2. The number of hydrogen-bond acceptors (Lipinski definition) is 3. The monoisotopic (exact) mass is 257 g/mol. The van der Waals surface area contributed by atoms with Crippen molar-refractivity contribution >= 4 is 17.6 Å². The van der Waals surface area contributed by atoms with Crippen LogP contribution in [-0.4, -0.2) is 29.0 Å². The number of rotatable bonds is 3. The Bertz CT molecular complexity index is 523. The molecule has 0 aromatic heterocycles. The lowest BCUT2D eigenvalue weighted by Gasteiger charge is -2.15. The van der Waals surface area contributed by atoms with Gasteiger partial charge in [-0.2, -0.15) is 0 Å². The van der Waals surface area contributed by atoms with Crippen molar-refractivity contribution in [2.75, 3.05) is 6.54 Å². The van der Waals surface area contributed by atoms with Crippen molar-refractivity contribution in [3.63, 3.8) is 0 Å². The fourth-order valence-corrected chi connectivity index (χ4v) is 2.92. The van der Waals surface area contributed by atoms with Crippen molar-refractivity contribution in [1.29, 1.82) is 0 Å². The molecule has 4 heteroatoms. The van der Waals surface area contributed by atoms with Gasteiger partial charge in [0.1, 0.15) is 0 Å². The molecule has 2 amide bonds. The van der Waals surface area contributed by atoms with E-state index in [1.165, 1.54) is 0 Å². The molecule has 1 fully saturated rings. The molecule has 1 aromatic carbocycles. The van der Waals surface area contributed by atoms with Gasteiger partial charge < -0.3 is 0 Å². The van der Waals surface area contributed by atoms with Crippen molar-refractivity contribution in [3.05, 3.63) is 35.4 Å². The summed E-state index contributed by atoms with van der Waals surface area (Å²) >= 11 is 0. The summed E-state index contributed by atoms with van der Waals surface area (Å²) in [5.41, 5.74) is 0.818. The van der Waals surface area contributed by atoms with E-state index in [0.29, 0.717) is 11.1 Å². The lowest BCUT2D eigenvalue weighted by molar-refractivity contribution is -0.123. The fraction of sp³-hybridized carbons (Fsp3) is 0.400. The van der Waals surface area contributed by atoms with Crippen molar-refractivity contribution in [3.8, 4) is 0 Å². The first kappa shape index (κ1) is 12.1. The van der Waals surface area contributed by atoms with Gasteiger partial charge in [0.15, 0.2) is 5.78 Å². The molecule has 0 saturated heterocycles. The molecule has 0 radical (unpaired) electrons. The van der Waals surface area contributed by atoms with E-state index >= 15 is 0 Å². The normalized spacial score (nSPS) is 19.1. The smallest absolute Gasteiger partial charge is 0.261 e. The van der Waals surface area contributed by atoms with E-state index in [0.717, 1.165) is 30.6 Å². The van der Waals surface area contributed by atoms with Crippen LogP contribution in [0.15, 0.2) is 24.3 Å². The van der Waals surface area contributed by atoms with E-state index in [4.69, 9.17) is 0 Å². The van der Waals surface area contributed by atoms with Gasteiger partial charge in [0.05, 0.1) is 17.7 Å². The van der Waals surface area contributed by atoms with Crippen LogP contribution in [-0.2, 0) is 4.79 Å². The maximum Gasteiger partial charge on any atom is 0.261 e. The summed E-state index contributed by atoms with van der Waals surface area (Å²) in [5, 5.41) is 0. The number of carbonyl (C=O) groups excluding carboxylic acids is 3. The average molecular weight is 257 g/mol. The Morgan fingerprint density at radius 2 is 1.58 bits per heavy atom. The molecule has 1 aliphatic heterocycles. The Kier molecular flexibility index (Phi) is 2.93. The molecule has 3 rings (SSSR count). The number of amides is 2. The summed E-state index contributed by atoms with van der Waals surface area (Å²) in [6.07, 6.45) is 3.92. The predicted octanol–water partition coefficient (Wildman–Crippen LogP) is 2.04. The van der Waals surface area contributed by atoms with Crippen LogP contribution >= 0.6 is 0 Å². The van der Waals surface area contributed by atoms with Gasteiger partial charge in [0.25, 0.3) is 11.8 Å². The Hall–Kier alpha value is -1.97. The van der Waals surface area contributed by atoms with Crippen LogP contribution in [0.5, 0.6) is 0 Å². The minimum atomic E-state index is -0.341. The van der Waals surface area contributed by atoms with Gasteiger partial charge in [-0.1, -0.05) is 25.0 Å². The number of Topliss-reactive ketones (excluding diaryl/α,β-unsaturated/α-hetero) is 1. The minimum Gasteiger partial charge on any atom is -0.297 e. The van der Waals surface area contributed by atoms with Gasteiger partial charge in [0, 0.05) is 5.92 Å². The zero-order valence-electron chi connectivity index (χ0n) is 10.6. The molecule has 4 nitrogen and oxygen atoms in total. The lowest BCUT2D eigenvalue weighted by Crippen LogP contribution is -2.36. The summed E-state index contributed by atoms with van der Waals surface area (Å²) in [4.78, 5) is 37.4. The average Bonchev–Trinajstić information content (AvgIpc) is 3.03. The Morgan fingerprint density at radius 3 is 2.11 bits per heavy atom. The van der Waals surface area contributed by atoms with Crippen LogP contribution in [0.3, 0.4) is 0 Å². The fourth-order valence-electron chi connectivity index (χ4n) is 2.92. The third kappa shape index (κ3) is 1.97. The van der Waals surface area contributed by atoms with Crippen LogP contribution in [0.25, 0.3) is 0 Å². The highest BCUT2D eigenvalue weighted by atomic mass is 16.2. The summed E-state index contributed by atoms with van der Waals surface area (Å²) in [7, 11) is 0. The molecule has 1 aliphatic carbocycles. The third-order valence-corrected chi connectivity index (χ3v) is 4.00. The number of nitrogens with zero attached hydrogens (tertiary/aromatic N) is 1. The SMILES string of the molecule is O=C(CN1C(=O)c2ccccc2C1=O)C1CCCC1. The lowest BCUT2D eigenvalue weighted by atomic mass is 10.0. The first-order valence-electron chi connectivity index (χ1n) is 6.66. The van der Waals surface area contributed by atoms with Gasteiger partial charge in [-0.3, -0.25) is 19.3 Å². The molecule has 98 valence electrons. The molecule has 0 spiro atoms. The van der Waals surface area contributed by atoms with Crippen molar-refractivity contribution < 1.29 is 14.4 Å². The zero-order valence-corrected chi connectivity index (χ0v) is 10.6. The summed E-state index contributed by atoms with van der Waals surface area (Å²) < 4.78 is 0. The molecule has 2 aliphatic rings. The second-order valence-corrected chi connectivity index (χ2v) is 5.19. The molecule has 19 heavy (non-hydrogen) atoms. The van der Waals surface area contributed by atoms with Crippen molar-refractivity contribution in [2.24, 2.45) is 5.92 Å². The maximum absolute atomic E-state index is 12.1. The van der Waals surface area contributed by atoms with E-state index in [2.05, 4.69) is 0 Å². The van der Waals surface area contributed by atoms with Gasteiger partial charge in [0.2, 0.25) is 0 Å². The highest BCUT2D eigenvalue weighted by Crippen LogP contribution is 2.27. The summed E-state index contributed by atoms with van der Waals surface area (Å²) in [6.45, 7) is -0.0724. The number of ketones is 1. The number of carbonyl (C=O) groups is 3. The number of benzene rings is 1. The van der Waals surface area contributed by atoms with Crippen LogP contribution in [0.1, 0.15) is 46.4 Å². The molecule has 0 unspecified atom stereocenters. The second kappa shape index (κ2) is 4.61. The second-order valence-electron chi connectivity index (χ2n) is 5.19. The van der Waals surface area contributed by atoms with Gasteiger partial charge >= 0.3 is 0 Å². The van der Waals surface area contributed by atoms with Crippen molar-refractivity contribution in [1.82, 2.24) is 4.90 Å². The number of hydrogen-bond donors (Lipinski definition) is 0. The number of fused-ring (bicyclic) bond motifs is 1. The largest absolute Gasteiger partial charge is 0.297 e. The minimum absolute atomic E-state index is 0.0204. The van der Waals surface area contributed by atoms with Gasteiger partial charge in [-0.25, -0.2) is 0 Å². The van der Waals surface area contributed by atoms with E-state index in [9.17, 15) is 14.4 Å². The van der Waals surface area contributed by atoms with E-state index in [-0.39, 0.29) is 30.1 Å². The maximum atomic E-state index is 12.1. The molecule has 0 bridgehead atoms. The van der Waals surface area contributed by atoms with Crippen LogP contribution in [0.4, 0.5) is 0 Å². The summed E-state index contributed by atoms with van der Waals surface area (Å²) in [5.74, 6) is -0.629. The van der Waals surface area contributed by atoms with Crippen molar-refractivity contribution in [2.45, 2.75) is 25.7 Å². The zero-order chi connectivity index (χ0) is 13.4. The number of imide groups is 1. The quantitative estimate of drug-likeness (QED) is 0.779. The van der Waals surface area contributed by atoms with Crippen LogP contribution < -0.4 is 0 Å². The molecule has 0 N–H and O–H groups in total. The van der Waals surface area contributed by atoms with Gasteiger partial charge in [-0.15, -0.1) is 0 Å². The molecular formula is C15H15NO3. The first-order chi connectivity index (χ1) is 9.18. The first-order valence-corrected chi connectivity index (χ1v) is 6.66. The Balaban J connectivity index is 1.78. The van der Waals surface area contributed by atoms with Gasteiger partial charge in [-0.05, 0) is 25.0 Å². The highest BCUT2D eigenvalue weighted by molar-refractivity contribution is 6.22. The topological polar surface area (TPSA) is 54.5 Å². The Labute approximate surface area is 111 Å². The highest BCUT2D eigenvalue weighted by Gasteiger charge is 2.37. The molecular weight excluding hydrogens is 242 g/mol. The van der Waals surface area contributed by atoms with E-state index in [1.807, 2.05) is 0 Å². The molecule has 1 saturated carbocycles. The molecule has 0 atom stereocenters. The summed E-state index contributed by atoms with van der Waals surface area (Å²) in [6, 6.07) is 6.73. The Morgan fingerprint density at radius 1 is 1.05 bits per heavy atom. The van der Waals surface area contributed by atoms with Crippen LogP contribution in [0.2, 0.25) is 0 Å². The van der Waals surface area contributed by atoms with E-state index in [1.54, 1.807) is 24.3 Å².